The summed E-state index contributed by atoms with van der Waals surface area (Å²) in [4.78, 5) is 0. The van der Waals surface area contributed by atoms with Gasteiger partial charge in [0, 0.05) is 19.6 Å². The maximum atomic E-state index is 6.20. The van der Waals surface area contributed by atoms with E-state index in [-0.39, 0.29) is 0 Å². The van der Waals surface area contributed by atoms with Crippen LogP contribution in [0.15, 0.2) is 0 Å². The van der Waals surface area contributed by atoms with E-state index in [0.717, 1.165) is 29.4 Å². The Morgan fingerprint density at radius 3 is 2.44 bits per heavy atom. The third-order valence-corrected chi connectivity index (χ3v) is 3.53. The standard InChI is InChI=1S/C12H22ClN3/c1-6-10(8(2)3)14-7-11-12(13)9(4)15-16(11)5/h8,10,14H,6-7H2,1-5H3. The lowest BCUT2D eigenvalue weighted by atomic mass is 10.0. The molecule has 0 radical (unpaired) electrons. The fourth-order valence-electron chi connectivity index (χ4n) is 1.95. The van der Waals surface area contributed by atoms with Crippen LogP contribution >= 0.6 is 11.6 Å². The van der Waals surface area contributed by atoms with Gasteiger partial charge in [-0.15, -0.1) is 0 Å². The Labute approximate surface area is 103 Å². The predicted molar refractivity (Wildman–Crippen MR) is 68.7 cm³/mol. The molecule has 0 amide bonds. The summed E-state index contributed by atoms with van der Waals surface area (Å²) < 4.78 is 1.86. The molecule has 16 heavy (non-hydrogen) atoms. The SMILES string of the molecule is CCC(NCc1c(Cl)c(C)nn1C)C(C)C. The largest absolute Gasteiger partial charge is 0.308 e. The summed E-state index contributed by atoms with van der Waals surface area (Å²) in [6, 6.07) is 0.534. The highest BCUT2D eigenvalue weighted by Crippen LogP contribution is 2.19. The third kappa shape index (κ3) is 2.98. The Bertz CT molecular complexity index is 344. The van der Waals surface area contributed by atoms with Crippen LogP contribution in [0.1, 0.15) is 38.6 Å². The van der Waals surface area contributed by atoms with Gasteiger partial charge in [-0.2, -0.15) is 5.10 Å². The van der Waals surface area contributed by atoms with Crippen LogP contribution in [0.25, 0.3) is 0 Å². The number of nitrogens with one attached hydrogen (secondary N) is 1. The van der Waals surface area contributed by atoms with Crippen molar-refractivity contribution >= 4 is 11.6 Å². The topological polar surface area (TPSA) is 29.9 Å². The summed E-state index contributed by atoms with van der Waals surface area (Å²) >= 11 is 6.20. The second kappa shape index (κ2) is 5.69. The minimum absolute atomic E-state index is 0.534. The molecule has 1 aromatic rings. The van der Waals surface area contributed by atoms with Gasteiger partial charge >= 0.3 is 0 Å². The molecule has 0 saturated heterocycles. The molecule has 1 aromatic heterocycles. The van der Waals surface area contributed by atoms with Crippen LogP contribution < -0.4 is 5.32 Å². The third-order valence-electron chi connectivity index (χ3n) is 3.04. The monoisotopic (exact) mass is 243 g/mol. The molecule has 0 spiro atoms. The second-order valence-electron chi connectivity index (χ2n) is 4.61. The van der Waals surface area contributed by atoms with Gasteiger partial charge in [0.25, 0.3) is 0 Å². The fraction of sp³-hybridized carbons (Fsp3) is 0.750. The predicted octanol–water partition coefficient (Wildman–Crippen LogP) is 2.91. The van der Waals surface area contributed by atoms with E-state index in [1.165, 1.54) is 0 Å². The van der Waals surface area contributed by atoms with Crippen LogP contribution in [0.2, 0.25) is 5.02 Å². The molecule has 1 heterocycles. The Balaban J connectivity index is 2.67. The van der Waals surface area contributed by atoms with Gasteiger partial charge in [-0.25, -0.2) is 0 Å². The average Bonchev–Trinajstić information content (AvgIpc) is 2.44. The number of halogens is 1. The number of nitrogens with zero attached hydrogens (tertiary/aromatic N) is 2. The van der Waals surface area contributed by atoms with Gasteiger partial charge in [0.05, 0.1) is 16.4 Å². The second-order valence-corrected chi connectivity index (χ2v) is 4.99. The Hall–Kier alpha value is -0.540. The van der Waals surface area contributed by atoms with E-state index in [2.05, 4.69) is 31.2 Å². The van der Waals surface area contributed by atoms with Crippen molar-refractivity contribution in [3.8, 4) is 0 Å². The maximum Gasteiger partial charge on any atom is 0.0860 e. The first-order valence-corrected chi connectivity index (χ1v) is 6.26. The van der Waals surface area contributed by atoms with Crippen LogP contribution in [0.4, 0.5) is 0 Å². The molecule has 0 aliphatic rings. The fourth-order valence-corrected chi connectivity index (χ4v) is 2.18. The lowest BCUT2D eigenvalue weighted by molar-refractivity contribution is 0.382. The number of aromatic nitrogens is 2. The zero-order chi connectivity index (χ0) is 12.3. The molecule has 0 saturated carbocycles. The van der Waals surface area contributed by atoms with Crippen LogP contribution in [0.3, 0.4) is 0 Å². The van der Waals surface area contributed by atoms with E-state index in [0.29, 0.717) is 12.0 Å². The number of hydrogen-bond donors (Lipinski definition) is 1. The van der Waals surface area contributed by atoms with Crippen LogP contribution in [0, 0.1) is 12.8 Å². The number of hydrogen-bond acceptors (Lipinski definition) is 2. The van der Waals surface area contributed by atoms with Crippen molar-refractivity contribution in [2.24, 2.45) is 13.0 Å². The Kier molecular flexibility index (Phi) is 4.81. The van der Waals surface area contributed by atoms with Crippen molar-refractivity contribution in [3.63, 3.8) is 0 Å². The summed E-state index contributed by atoms with van der Waals surface area (Å²) in [5.74, 6) is 0.637. The molecule has 3 nitrogen and oxygen atoms in total. The summed E-state index contributed by atoms with van der Waals surface area (Å²) in [7, 11) is 1.94. The lowest BCUT2D eigenvalue weighted by Gasteiger charge is -2.20. The molecule has 1 unspecified atom stereocenters. The number of aryl methyl sites for hydroxylation is 2. The maximum absolute atomic E-state index is 6.20. The molecule has 0 aliphatic heterocycles. The van der Waals surface area contributed by atoms with Crippen molar-refractivity contribution in [2.45, 2.75) is 46.7 Å². The Morgan fingerprint density at radius 2 is 2.06 bits per heavy atom. The summed E-state index contributed by atoms with van der Waals surface area (Å²) in [5.41, 5.74) is 1.97. The van der Waals surface area contributed by atoms with Crippen LogP contribution in [-0.2, 0) is 13.6 Å². The molecule has 0 bridgehead atoms. The summed E-state index contributed by atoms with van der Waals surface area (Å²) in [6.07, 6.45) is 1.13. The summed E-state index contributed by atoms with van der Waals surface area (Å²) in [6.45, 7) is 9.39. The highest BCUT2D eigenvalue weighted by Gasteiger charge is 2.14. The van der Waals surface area contributed by atoms with E-state index < -0.39 is 0 Å². The van der Waals surface area contributed by atoms with Gasteiger partial charge < -0.3 is 5.32 Å². The van der Waals surface area contributed by atoms with Crippen molar-refractivity contribution in [2.75, 3.05) is 0 Å². The summed E-state index contributed by atoms with van der Waals surface area (Å²) in [5, 5.41) is 8.62. The van der Waals surface area contributed by atoms with Gasteiger partial charge in [-0.1, -0.05) is 32.4 Å². The van der Waals surface area contributed by atoms with Gasteiger partial charge in [-0.05, 0) is 19.3 Å². The van der Waals surface area contributed by atoms with Crippen molar-refractivity contribution in [1.82, 2.24) is 15.1 Å². The molecular formula is C12H22ClN3. The van der Waals surface area contributed by atoms with E-state index in [1.54, 1.807) is 0 Å². The molecule has 0 aliphatic carbocycles. The first-order chi connectivity index (χ1) is 7.47. The molecule has 1 N–H and O–H groups in total. The minimum atomic E-state index is 0.534. The first kappa shape index (κ1) is 13.5. The number of rotatable bonds is 5. The zero-order valence-electron chi connectivity index (χ0n) is 10.8. The van der Waals surface area contributed by atoms with E-state index >= 15 is 0 Å². The highest BCUT2D eigenvalue weighted by atomic mass is 35.5. The lowest BCUT2D eigenvalue weighted by Crippen LogP contribution is -2.33. The quantitative estimate of drug-likeness (QED) is 0.862. The normalized spacial score (nSPS) is 13.4. The van der Waals surface area contributed by atoms with E-state index in [4.69, 9.17) is 11.6 Å². The van der Waals surface area contributed by atoms with Gasteiger partial charge in [0.2, 0.25) is 0 Å². The molecule has 4 heteroatoms. The van der Waals surface area contributed by atoms with E-state index in [9.17, 15) is 0 Å². The molecule has 1 atom stereocenters. The molecule has 0 aromatic carbocycles. The first-order valence-electron chi connectivity index (χ1n) is 5.88. The smallest absolute Gasteiger partial charge is 0.0860 e. The van der Waals surface area contributed by atoms with Gasteiger partial charge in [-0.3, -0.25) is 4.68 Å². The van der Waals surface area contributed by atoms with Gasteiger partial charge in [0.15, 0.2) is 0 Å². The van der Waals surface area contributed by atoms with Gasteiger partial charge in [0.1, 0.15) is 0 Å². The minimum Gasteiger partial charge on any atom is -0.308 e. The molecule has 1 rings (SSSR count). The Morgan fingerprint density at radius 1 is 1.44 bits per heavy atom. The molecule has 92 valence electrons. The van der Waals surface area contributed by atoms with Crippen LogP contribution in [-0.4, -0.2) is 15.8 Å². The van der Waals surface area contributed by atoms with Crippen LogP contribution in [0.5, 0.6) is 0 Å². The molecular weight excluding hydrogens is 222 g/mol. The van der Waals surface area contributed by atoms with E-state index in [1.807, 2.05) is 18.7 Å². The highest BCUT2D eigenvalue weighted by molar-refractivity contribution is 6.31. The average molecular weight is 244 g/mol. The van der Waals surface area contributed by atoms with Crippen molar-refractivity contribution < 1.29 is 0 Å². The van der Waals surface area contributed by atoms with Crippen molar-refractivity contribution in [3.05, 3.63) is 16.4 Å². The molecule has 0 fully saturated rings. The van der Waals surface area contributed by atoms with Crippen molar-refractivity contribution in [1.29, 1.82) is 0 Å². The zero-order valence-corrected chi connectivity index (χ0v) is 11.6.